The molecule has 0 saturated heterocycles. The van der Waals surface area contributed by atoms with Crippen LogP contribution in [0.2, 0.25) is 0 Å². The Balaban J connectivity index is 0.000000264. The second-order valence-corrected chi connectivity index (χ2v) is 21.6. The van der Waals surface area contributed by atoms with E-state index in [1.807, 2.05) is 206 Å². The third kappa shape index (κ3) is 18.7. The van der Waals surface area contributed by atoms with E-state index in [1.165, 1.54) is 0 Å². The number of benzene rings is 8. The van der Waals surface area contributed by atoms with Crippen LogP contribution in [0.3, 0.4) is 0 Å². The predicted octanol–water partition coefficient (Wildman–Crippen LogP) is 20.2. The number of pyridine rings is 2. The topological polar surface area (TPSA) is 75.2 Å². The van der Waals surface area contributed by atoms with Gasteiger partial charge in [0.05, 0.1) is 68.4 Å². The summed E-state index contributed by atoms with van der Waals surface area (Å²) in [6.07, 6.45) is 0. The van der Waals surface area contributed by atoms with Crippen LogP contribution in [-0.2, 0) is 30.2 Å². The largest absolute Gasteiger partial charge is 2.00 e. The SMILES string of the molecule is Brc1ccc(N=C(c2ccccc2)c2cccc(C(=Nc3ccc(Br)cc3)c3ccccc3)n2)cc1.Brc1ccc(N=C(c2ccccc2)c2cccc(C(=Nc3ccc(Br)cc3)c3ccccc3)n2)cc1.[CH3-].[CH3-].[Cl][Fe][Cl].[Fe+2]. The van der Waals surface area contributed by atoms with E-state index in [0.29, 0.717) is 0 Å². The molecule has 0 aliphatic rings. The molecule has 0 unspecified atom stereocenters. The second-order valence-electron chi connectivity index (χ2n) is 16.1. The zero-order valence-electron chi connectivity index (χ0n) is 41.9. The van der Waals surface area contributed by atoms with E-state index in [0.717, 1.165) is 109 Å². The standard InChI is InChI=1S/2C31H21Br2N3.2CH3.2ClH.2Fe/c2*32-24-14-18-26(19-15-24)34-30(22-8-3-1-4-9-22)28-12-7-13-29(36-28)31(23-10-5-2-6-11-23)35-27-20-16-25(33)17-21-27;;;;;;/h2*1-21H;2*1H3;2*1H;;/q;;2*-1;;;2*+2/p-2. The van der Waals surface area contributed by atoms with E-state index >= 15 is 0 Å². The van der Waals surface area contributed by atoms with Gasteiger partial charge in [0.2, 0.25) is 0 Å². The molecule has 6 nitrogen and oxygen atoms in total. The average Bonchev–Trinajstić information content (AvgIpc) is 3.46. The summed E-state index contributed by atoms with van der Waals surface area (Å²) < 4.78 is 4.05. The zero-order valence-corrected chi connectivity index (χ0v) is 52.0. The molecule has 10 aromatic rings. The van der Waals surface area contributed by atoms with Crippen molar-refractivity contribution in [2.24, 2.45) is 20.0 Å². The third-order valence-corrected chi connectivity index (χ3v) is 13.0. The first-order chi connectivity index (χ1) is 36.7. The summed E-state index contributed by atoms with van der Waals surface area (Å²) in [6, 6.07) is 84.4. The van der Waals surface area contributed by atoms with Crippen LogP contribution in [0.1, 0.15) is 45.0 Å². The summed E-state index contributed by atoms with van der Waals surface area (Å²) in [5.41, 5.74) is 13.7. The van der Waals surface area contributed by atoms with Gasteiger partial charge in [-0.3, -0.25) is 0 Å². The molecule has 2 aromatic heterocycles. The third-order valence-electron chi connectivity index (χ3n) is 10.9. The average molecular weight is 1400 g/mol. The molecule has 10 rings (SSSR count). The summed E-state index contributed by atoms with van der Waals surface area (Å²) in [5.74, 6) is 0. The van der Waals surface area contributed by atoms with Gasteiger partial charge in [-0.25, -0.2) is 29.9 Å². The van der Waals surface area contributed by atoms with Crippen molar-refractivity contribution >= 4 is 130 Å². The molecule has 0 aliphatic heterocycles. The Labute approximate surface area is 517 Å². The maximum Gasteiger partial charge on any atom is 2.00 e. The maximum atomic E-state index is 5.07. The first-order valence-electron chi connectivity index (χ1n) is 23.1. The van der Waals surface area contributed by atoms with Crippen LogP contribution in [0.4, 0.5) is 22.7 Å². The molecular formula is C64H48Br4Cl2Fe2N6. The fraction of sp³-hybridized carbons (Fsp3) is 0. The van der Waals surface area contributed by atoms with Crippen LogP contribution in [0, 0.1) is 14.9 Å². The first kappa shape index (κ1) is 63.1. The first-order valence-corrected chi connectivity index (χ1v) is 29.3. The molecule has 0 radical (unpaired) electrons. The number of halogens is 6. The predicted molar refractivity (Wildman–Crippen MR) is 337 cm³/mol. The van der Waals surface area contributed by atoms with E-state index in [4.69, 9.17) is 50.1 Å². The van der Waals surface area contributed by atoms with Crippen LogP contribution in [0.25, 0.3) is 0 Å². The van der Waals surface area contributed by atoms with Gasteiger partial charge in [0.15, 0.2) is 0 Å². The molecule has 0 saturated carbocycles. The Bertz CT molecular complexity index is 3080. The Kier molecular flexibility index (Phi) is 26.7. The fourth-order valence-corrected chi connectivity index (χ4v) is 8.50. The molecule has 0 N–H and O–H groups in total. The fourth-order valence-electron chi connectivity index (χ4n) is 7.44. The van der Waals surface area contributed by atoms with Crippen molar-refractivity contribution in [3.63, 3.8) is 0 Å². The maximum absolute atomic E-state index is 5.07. The van der Waals surface area contributed by atoms with Gasteiger partial charge in [0.1, 0.15) is 0 Å². The number of aliphatic imine (C=N–C) groups is 4. The number of nitrogens with zero attached hydrogens (tertiary/aromatic N) is 6. The summed E-state index contributed by atoms with van der Waals surface area (Å²) in [4.78, 5) is 30.1. The smallest absolute Gasteiger partial charge is 2.00 e. The normalized spacial score (nSPS) is 11.3. The quantitative estimate of drug-likeness (QED) is 0.0694. The molecule has 0 bridgehead atoms. The van der Waals surface area contributed by atoms with Gasteiger partial charge < -0.3 is 14.9 Å². The van der Waals surface area contributed by atoms with Crippen molar-refractivity contribution in [1.82, 2.24) is 9.97 Å². The summed E-state index contributed by atoms with van der Waals surface area (Å²) in [5, 5.41) is 0. The van der Waals surface area contributed by atoms with Gasteiger partial charge in [-0.2, -0.15) is 0 Å². The Morgan fingerprint density at radius 2 is 0.462 bits per heavy atom. The molecule has 2 heterocycles. The van der Waals surface area contributed by atoms with Gasteiger partial charge in [0, 0.05) is 40.1 Å². The van der Waals surface area contributed by atoms with Crippen molar-refractivity contribution in [1.29, 1.82) is 0 Å². The Morgan fingerprint density at radius 1 is 0.282 bits per heavy atom. The monoisotopic (exact) mass is 1400 g/mol. The van der Waals surface area contributed by atoms with Crippen LogP contribution in [-0.4, -0.2) is 32.8 Å². The van der Waals surface area contributed by atoms with E-state index in [9.17, 15) is 0 Å². The number of aromatic nitrogens is 2. The van der Waals surface area contributed by atoms with Crippen molar-refractivity contribution in [3.8, 4) is 0 Å². The molecule has 78 heavy (non-hydrogen) atoms. The minimum atomic E-state index is 0. The molecule has 0 aliphatic carbocycles. The molecular weight excluding hydrogens is 1350 g/mol. The van der Waals surface area contributed by atoms with Gasteiger partial charge in [-0.15, -0.1) is 0 Å². The van der Waals surface area contributed by atoms with Crippen molar-refractivity contribution in [3.05, 3.63) is 333 Å². The minimum Gasteiger partial charge on any atom is 2.00 e. The summed E-state index contributed by atoms with van der Waals surface area (Å²) >= 11 is 14.2. The summed E-state index contributed by atoms with van der Waals surface area (Å²) in [6.45, 7) is 0. The molecule has 0 spiro atoms. The van der Waals surface area contributed by atoms with Gasteiger partial charge in [-0.1, -0.05) is 197 Å². The number of rotatable bonds is 12. The van der Waals surface area contributed by atoms with Crippen LogP contribution >= 0.6 is 83.9 Å². The van der Waals surface area contributed by atoms with Crippen molar-refractivity contribution in [2.75, 3.05) is 0 Å². The number of hydrogen-bond acceptors (Lipinski definition) is 6. The van der Waals surface area contributed by atoms with Gasteiger partial charge in [-0.05, 0) is 121 Å². The zero-order chi connectivity index (χ0) is 52.2. The molecule has 0 fully saturated rings. The van der Waals surface area contributed by atoms with Gasteiger partial charge >= 0.3 is 50.4 Å². The number of hydrogen-bond donors (Lipinski definition) is 0. The van der Waals surface area contributed by atoms with Gasteiger partial charge in [0.25, 0.3) is 0 Å². The van der Waals surface area contributed by atoms with E-state index in [2.05, 4.69) is 112 Å². The van der Waals surface area contributed by atoms with Crippen LogP contribution < -0.4 is 0 Å². The van der Waals surface area contributed by atoms with Crippen molar-refractivity contribution in [2.45, 2.75) is 0 Å². The van der Waals surface area contributed by atoms with Crippen molar-refractivity contribution < 1.29 is 30.2 Å². The molecule has 14 heteroatoms. The minimum absolute atomic E-state index is 0. The molecule has 0 amide bonds. The molecule has 0 atom stereocenters. The Morgan fingerprint density at radius 3 is 0.641 bits per heavy atom. The molecule has 392 valence electrons. The van der Waals surface area contributed by atoms with Crippen LogP contribution in [0.5, 0.6) is 0 Å². The van der Waals surface area contributed by atoms with Crippen LogP contribution in [0.15, 0.2) is 293 Å². The van der Waals surface area contributed by atoms with E-state index < -0.39 is 0 Å². The Hall–Kier alpha value is -5.72. The second kappa shape index (κ2) is 33.0. The van der Waals surface area contributed by atoms with E-state index in [1.54, 1.807) is 0 Å². The molecule has 8 aromatic carbocycles. The summed E-state index contributed by atoms with van der Waals surface area (Å²) in [7, 11) is 9.53. The van der Waals surface area contributed by atoms with E-state index in [-0.39, 0.29) is 45.1 Å².